The van der Waals surface area contributed by atoms with E-state index < -0.39 is 0 Å². The summed E-state index contributed by atoms with van der Waals surface area (Å²) in [5.41, 5.74) is 3.81. The van der Waals surface area contributed by atoms with Gasteiger partial charge in [0, 0.05) is 30.7 Å². The molecule has 0 saturated carbocycles. The molecular formula is C15H14N2. The summed E-state index contributed by atoms with van der Waals surface area (Å²) >= 11 is 0. The Bertz CT molecular complexity index is 638. The third-order valence-corrected chi connectivity index (χ3v) is 3.01. The summed E-state index contributed by atoms with van der Waals surface area (Å²) in [5.74, 6) is 0. The van der Waals surface area contributed by atoms with Gasteiger partial charge in [-0.2, -0.15) is 0 Å². The molecule has 0 bridgehead atoms. The van der Waals surface area contributed by atoms with E-state index in [2.05, 4.69) is 53.0 Å². The van der Waals surface area contributed by atoms with Gasteiger partial charge in [-0.25, -0.2) is 0 Å². The quantitative estimate of drug-likeness (QED) is 0.650. The summed E-state index contributed by atoms with van der Waals surface area (Å²) in [4.78, 5) is 4.15. The van der Waals surface area contributed by atoms with Gasteiger partial charge in [-0.3, -0.25) is 4.98 Å². The van der Waals surface area contributed by atoms with Crippen LogP contribution in [0.25, 0.3) is 10.9 Å². The van der Waals surface area contributed by atoms with Gasteiger partial charge in [0.2, 0.25) is 0 Å². The lowest BCUT2D eigenvalue weighted by Gasteiger charge is -2.05. The normalized spacial score (nSPS) is 10.9. The molecule has 3 aromatic rings. The Morgan fingerprint density at radius 2 is 2.12 bits per heavy atom. The van der Waals surface area contributed by atoms with E-state index in [0.29, 0.717) is 0 Å². The molecule has 84 valence electrons. The summed E-state index contributed by atoms with van der Waals surface area (Å²) in [6.45, 7) is 3.00. The van der Waals surface area contributed by atoms with Crippen molar-refractivity contribution in [3.63, 3.8) is 0 Å². The van der Waals surface area contributed by atoms with E-state index in [-0.39, 0.29) is 0 Å². The smallest absolute Gasteiger partial charge is 0.0491 e. The fraction of sp³-hybridized carbons (Fsp3) is 0.133. The topological polar surface area (TPSA) is 17.8 Å². The van der Waals surface area contributed by atoms with Crippen molar-refractivity contribution in [2.45, 2.75) is 13.5 Å². The van der Waals surface area contributed by atoms with Crippen molar-refractivity contribution in [1.82, 2.24) is 9.55 Å². The Morgan fingerprint density at radius 1 is 1.18 bits per heavy atom. The fourth-order valence-electron chi connectivity index (χ4n) is 2.12. The molecule has 0 unspecified atom stereocenters. The molecule has 0 amide bonds. The highest BCUT2D eigenvalue weighted by Gasteiger charge is 2.01. The summed E-state index contributed by atoms with van der Waals surface area (Å²) in [5, 5.41) is 1.29. The van der Waals surface area contributed by atoms with Gasteiger partial charge in [-0.15, -0.1) is 0 Å². The number of fused-ring (bicyclic) bond motifs is 1. The first-order valence-corrected chi connectivity index (χ1v) is 5.77. The zero-order valence-corrected chi connectivity index (χ0v) is 9.80. The first-order chi connectivity index (χ1) is 8.33. The van der Waals surface area contributed by atoms with Gasteiger partial charge < -0.3 is 4.57 Å². The van der Waals surface area contributed by atoms with Crippen molar-refractivity contribution in [3.05, 3.63) is 66.1 Å². The maximum absolute atomic E-state index is 4.15. The standard InChI is InChI=1S/C15H14N2/c1-12-4-5-14-6-8-17(15(14)9-12)11-13-3-2-7-16-10-13/h2-10H,11H2,1H3. The van der Waals surface area contributed by atoms with Crippen LogP contribution in [0.15, 0.2) is 55.0 Å². The molecule has 0 spiro atoms. The monoisotopic (exact) mass is 222 g/mol. The maximum atomic E-state index is 4.15. The molecule has 0 radical (unpaired) electrons. The van der Waals surface area contributed by atoms with E-state index in [1.54, 1.807) is 6.20 Å². The minimum absolute atomic E-state index is 0.876. The number of benzene rings is 1. The fourth-order valence-corrected chi connectivity index (χ4v) is 2.12. The maximum Gasteiger partial charge on any atom is 0.0491 e. The molecule has 2 heteroatoms. The van der Waals surface area contributed by atoms with Crippen molar-refractivity contribution in [1.29, 1.82) is 0 Å². The Balaban J connectivity index is 2.03. The van der Waals surface area contributed by atoms with E-state index >= 15 is 0 Å². The van der Waals surface area contributed by atoms with E-state index in [0.717, 1.165) is 6.54 Å². The predicted octanol–water partition coefficient (Wildman–Crippen LogP) is 3.39. The minimum atomic E-state index is 0.876. The molecule has 2 heterocycles. The molecule has 0 N–H and O–H groups in total. The lowest BCUT2D eigenvalue weighted by molar-refractivity contribution is 0.831. The number of aromatic nitrogens is 2. The van der Waals surface area contributed by atoms with Gasteiger partial charge in [-0.05, 0) is 41.6 Å². The van der Waals surface area contributed by atoms with Crippen LogP contribution < -0.4 is 0 Å². The number of pyridine rings is 1. The molecule has 17 heavy (non-hydrogen) atoms. The van der Waals surface area contributed by atoms with E-state index in [1.807, 2.05) is 12.3 Å². The van der Waals surface area contributed by atoms with Gasteiger partial charge in [0.25, 0.3) is 0 Å². The second-order valence-electron chi connectivity index (χ2n) is 4.37. The highest BCUT2D eigenvalue weighted by atomic mass is 15.0. The van der Waals surface area contributed by atoms with Crippen LogP contribution in [0.1, 0.15) is 11.1 Å². The molecule has 0 aliphatic rings. The molecule has 0 fully saturated rings. The zero-order valence-electron chi connectivity index (χ0n) is 9.80. The average molecular weight is 222 g/mol. The lowest BCUT2D eigenvalue weighted by Crippen LogP contribution is -1.98. The Hall–Kier alpha value is -2.09. The minimum Gasteiger partial charge on any atom is -0.343 e. The number of aryl methyl sites for hydroxylation is 1. The first-order valence-electron chi connectivity index (χ1n) is 5.77. The largest absolute Gasteiger partial charge is 0.343 e. The zero-order chi connectivity index (χ0) is 11.7. The van der Waals surface area contributed by atoms with Gasteiger partial charge in [0.05, 0.1) is 0 Å². The number of nitrogens with zero attached hydrogens (tertiary/aromatic N) is 2. The van der Waals surface area contributed by atoms with Crippen LogP contribution >= 0.6 is 0 Å². The average Bonchev–Trinajstić information content (AvgIpc) is 2.73. The molecule has 1 aromatic carbocycles. The van der Waals surface area contributed by atoms with Gasteiger partial charge in [0.15, 0.2) is 0 Å². The molecule has 2 aromatic heterocycles. The van der Waals surface area contributed by atoms with Crippen molar-refractivity contribution < 1.29 is 0 Å². The highest BCUT2D eigenvalue weighted by Crippen LogP contribution is 2.18. The second kappa shape index (κ2) is 4.06. The van der Waals surface area contributed by atoms with Gasteiger partial charge in [0.1, 0.15) is 0 Å². The van der Waals surface area contributed by atoms with Gasteiger partial charge in [-0.1, -0.05) is 18.2 Å². The van der Waals surface area contributed by atoms with Crippen LogP contribution in [0.3, 0.4) is 0 Å². The van der Waals surface area contributed by atoms with Crippen molar-refractivity contribution in [2.24, 2.45) is 0 Å². The summed E-state index contributed by atoms with van der Waals surface area (Å²) < 4.78 is 2.26. The lowest BCUT2D eigenvalue weighted by atomic mass is 10.2. The van der Waals surface area contributed by atoms with Crippen molar-refractivity contribution >= 4 is 10.9 Å². The van der Waals surface area contributed by atoms with E-state index in [9.17, 15) is 0 Å². The number of rotatable bonds is 2. The van der Waals surface area contributed by atoms with Crippen LogP contribution in [0.5, 0.6) is 0 Å². The molecular weight excluding hydrogens is 208 g/mol. The molecule has 0 aliphatic carbocycles. The Labute approximate surface area is 101 Å². The third kappa shape index (κ3) is 1.94. The van der Waals surface area contributed by atoms with Crippen LogP contribution in [0.2, 0.25) is 0 Å². The van der Waals surface area contributed by atoms with E-state index in [4.69, 9.17) is 0 Å². The molecule has 2 nitrogen and oxygen atoms in total. The first kappa shape index (κ1) is 10.1. The predicted molar refractivity (Wildman–Crippen MR) is 70.0 cm³/mol. The van der Waals surface area contributed by atoms with Crippen LogP contribution in [-0.4, -0.2) is 9.55 Å². The highest BCUT2D eigenvalue weighted by molar-refractivity contribution is 5.80. The number of hydrogen-bond acceptors (Lipinski definition) is 1. The van der Waals surface area contributed by atoms with Crippen LogP contribution in [0, 0.1) is 6.92 Å². The second-order valence-corrected chi connectivity index (χ2v) is 4.37. The van der Waals surface area contributed by atoms with Gasteiger partial charge >= 0.3 is 0 Å². The van der Waals surface area contributed by atoms with Crippen LogP contribution in [0.4, 0.5) is 0 Å². The summed E-state index contributed by atoms with van der Waals surface area (Å²) in [7, 11) is 0. The molecule has 0 saturated heterocycles. The molecule has 3 rings (SSSR count). The summed E-state index contributed by atoms with van der Waals surface area (Å²) in [6.07, 6.45) is 5.86. The van der Waals surface area contributed by atoms with Crippen molar-refractivity contribution in [2.75, 3.05) is 0 Å². The number of hydrogen-bond donors (Lipinski definition) is 0. The summed E-state index contributed by atoms with van der Waals surface area (Å²) in [6, 6.07) is 12.8. The molecule has 0 aliphatic heterocycles. The third-order valence-electron chi connectivity index (χ3n) is 3.01. The van der Waals surface area contributed by atoms with E-state index in [1.165, 1.54) is 22.0 Å². The Morgan fingerprint density at radius 3 is 2.94 bits per heavy atom. The van der Waals surface area contributed by atoms with Crippen LogP contribution in [-0.2, 0) is 6.54 Å². The Kier molecular flexibility index (Phi) is 2.41. The van der Waals surface area contributed by atoms with Crippen molar-refractivity contribution in [3.8, 4) is 0 Å². The molecule has 0 atom stereocenters. The SMILES string of the molecule is Cc1ccc2ccn(Cc3cccnc3)c2c1.